The molecule has 2 aromatic carbocycles. The quantitative estimate of drug-likeness (QED) is 0.278. The van der Waals surface area contributed by atoms with Gasteiger partial charge in [-0.05, 0) is 22.9 Å². The minimum Gasteiger partial charge on any atom is -0.194 e. The van der Waals surface area contributed by atoms with Crippen LogP contribution in [0.5, 0.6) is 0 Å². The van der Waals surface area contributed by atoms with Gasteiger partial charge in [-0.3, -0.25) is 0 Å². The monoisotopic (exact) mass is 440 g/mol. The van der Waals surface area contributed by atoms with Gasteiger partial charge in [0.2, 0.25) is 0 Å². The van der Waals surface area contributed by atoms with Crippen molar-refractivity contribution in [1.29, 1.82) is 0 Å². The van der Waals surface area contributed by atoms with Crippen LogP contribution in [0.25, 0.3) is 31.3 Å². The molecule has 1 aliphatic carbocycles. The van der Waals surface area contributed by atoms with Crippen LogP contribution in [-0.4, -0.2) is 17.8 Å². The van der Waals surface area contributed by atoms with Crippen LogP contribution >= 0.6 is 22.7 Å². The number of allylic oxidation sites excluding steroid dienone is 2. The van der Waals surface area contributed by atoms with Crippen molar-refractivity contribution in [1.82, 2.24) is 0 Å². The molecule has 148 valence electrons. The van der Waals surface area contributed by atoms with E-state index >= 15 is 0 Å². The summed E-state index contributed by atoms with van der Waals surface area (Å²) in [5.41, 5.74) is -3.16. The summed E-state index contributed by atoms with van der Waals surface area (Å²) in [6, 6.07) is 12.7. The molecule has 0 radical (unpaired) electrons. The summed E-state index contributed by atoms with van der Waals surface area (Å²) in [5, 5.41) is 3.00. The maximum absolute atomic E-state index is 14.9. The van der Waals surface area contributed by atoms with Crippen LogP contribution in [0.3, 0.4) is 0 Å². The smallest absolute Gasteiger partial charge is 0.194 e. The number of hydrogen-bond acceptors (Lipinski definition) is 2. The number of thiophene rings is 2. The molecule has 1 aliphatic rings. The Morgan fingerprint density at radius 1 is 0.552 bits per heavy atom. The van der Waals surface area contributed by atoms with E-state index in [1.165, 1.54) is 22.9 Å². The van der Waals surface area contributed by atoms with Crippen molar-refractivity contribution in [2.75, 3.05) is 0 Å². The molecule has 0 saturated carbocycles. The number of halogens is 6. The Kier molecular flexibility index (Phi) is 3.77. The lowest BCUT2D eigenvalue weighted by molar-refractivity contribution is -0.254. The van der Waals surface area contributed by atoms with Crippen molar-refractivity contribution in [3.63, 3.8) is 0 Å². The van der Waals surface area contributed by atoms with E-state index in [4.69, 9.17) is 0 Å². The maximum Gasteiger partial charge on any atom is 0.380 e. The highest BCUT2D eigenvalue weighted by Crippen LogP contribution is 2.66. The predicted octanol–water partition coefficient (Wildman–Crippen LogP) is 7.95. The third-order valence-electron chi connectivity index (χ3n) is 5.17. The number of benzene rings is 2. The van der Waals surface area contributed by atoms with E-state index in [-0.39, 0.29) is 21.9 Å². The topological polar surface area (TPSA) is 0 Å². The largest absolute Gasteiger partial charge is 0.380 e. The summed E-state index contributed by atoms with van der Waals surface area (Å²) in [7, 11) is 0. The fourth-order valence-corrected chi connectivity index (χ4v) is 5.68. The zero-order valence-electron chi connectivity index (χ0n) is 14.4. The molecule has 4 aromatic rings. The van der Waals surface area contributed by atoms with Gasteiger partial charge in [0.15, 0.2) is 0 Å². The Labute approximate surface area is 168 Å². The van der Waals surface area contributed by atoms with Crippen LogP contribution in [0.1, 0.15) is 11.1 Å². The lowest BCUT2D eigenvalue weighted by atomic mass is 9.94. The van der Waals surface area contributed by atoms with Crippen LogP contribution in [-0.2, 0) is 0 Å². The van der Waals surface area contributed by atoms with Crippen molar-refractivity contribution >= 4 is 54.0 Å². The standard InChI is InChI=1S/C21H10F6S2/c22-19(23)17(13-9-28-15-7-3-1-5-11(13)15)18(20(24,25)21(19,26)27)14-10-29-16-8-4-2-6-12(14)16/h1-10H. The van der Waals surface area contributed by atoms with Gasteiger partial charge in [0.05, 0.1) is 0 Å². The number of fused-ring (bicyclic) bond motifs is 2. The lowest BCUT2D eigenvalue weighted by Gasteiger charge is -2.25. The van der Waals surface area contributed by atoms with Gasteiger partial charge in [0, 0.05) is 42.4 Å². The molecule has 0 nitrogen and oxygen atoms in total. The number of hydrogen-bond donors (Lipinski definition) is 0. The first-order chi connectivity index (χ1) is 13.7. The van der Waals surface area contributed by atoms with Crippen molar-refractivity contribution in [2.24, 2.45) is 0 Å². The molecular weight excluding hydrogens is 430 g/mol. The van der Waals surface area contributed by atoms with E-state index in [0.717, 1.165) is 22.7 Å². The predicted molar refractivity (Wildman–Crippen MR) is 105 cm³/mol. The van der Waals surface area contributed by atoms with Gasteiger partial charge in [-0.25, -0.2) is 0 Å². The molecule has 0 saturated heterocycles. The zero-order chi connectivity index (χ0) is 20.6. The molecule has 0 fully saturated rings. The summed E-state index contributed by atoms with van der Waals surface area (Å²) in [6.07, 6.45) is 0. The molecule has 0 amide bonds. The second-order valence-corrected chi connectivity index (χ2v) is 8.59. The minimum atomic E-state index is -5.54. The maximum atomic E-state index is 14.9. The van der Waals surface area contributed by atoms with E-state index in [1.54, 1.807) is 36.4 Å². The summed E-state index contributed by atoms with van der Waals surface area (Å²) in [6.45, 7) is 0. The van der Waals surface area contributed by atoms with Gasteiger partial charge >= 0.3 is 17.8 Å². The van der Waals surface area contributed by atoms with Gasteiger partial charge in [0.1, 0.15) is 0 Å². The normalized spacial score (nSPS) is 20.1. The summed E-state index contributed by atoms with van der Waals surface area (Å²) in [5.74, 6) is -15.6. The first kappa shape index (κ1) is 18.7. The molecular formula is C21H10F6S2. The van der Waals surface area contributed by atoms with Gasteiger partial charge in [-0.1, -0.05) is 36.4 Å². The number of rotatable bonds is 2. The minimum absolute atomic E-state index is 0.248. The summed E-state index contributed by atoms with van der Waals surface area (Å²) in [4.78, 5) is 0. The van der Waals surface area contributed by atoms with E-state index in [1.807, 2.05) is 0 Å². The summed E-state index contributed by atoms with van der Waals surface area (Å²) >= 11 is 2.10. The van der Waals surface area contributed by atoms with Gasteiger partial charge in [-0.15, -0.1) is 22.7 Å². The lowest BCUT2D eigenvalue weighted by Crippen LogP contribution is -2.48. The Bertz CT molecular complexity index is 1200. The second-order valence-electron chi connectivity index (χ2n) is 6.76. The molecule has 2 heterocycles. The van der Waals surface area contributed by atoms with Crippen LogP contribution in [0.4, 0.5) is 26.3 Å². The first-order valence-corrected chi connectivity index (χ1v) is 10.3. The molecule has 8 heteroatoms. The van der Waals surface area contributed by atoms with Gasteiger partial charge in [0.25, 0.3) is 0 Å². The molecule has 0 unspecified atom stereocenters. The van der Waals surface area contributed by atoms with Crippen molar-refractivity contribution in [2.45, 2.75) is 17.8 Å². The van der Waals surface area contributed by atoms with Crippen LogP contribution < -0.4 is 0 Å². The van der Waals surface area contributed by atoms with Gasteiger partial charge in [-0.2, -0.15) is 26.3 Å². The zero-order valence-corrected chi connectivity index (χ0v) is 16.0. The Morgan fingerprint density at radius 3 is 1.34 bits per heavy atom. The summed E-state index contributed by atoms with van der Waals surface area (Å²) < 4.78 is 89.8. The van der Waals surface area contributed by atoms with E-state index in [9.17, 15) is 26.3 Å². The van der Waals surface area contributed by atoms with E-state index in [0.29, 0.717) is 9.40 Å². The highest BCUT2D eigenvalue weighted by Gasteiger charge is 2.80. The first-order valence-electron chi connectivity index (χ1n) is 8.50. The third-order valence-corrected chi connectivity index (χ3v) is 7.09. The van der Waals surface area contributed by atoms with Crippen LogP contribution in [0, 0.1) is 0 Å². The van der Waals surface area contributed by atoms with Crippen molar-refractivity contribution in [3.05, 3.63) is 70.4 Å². The Hall–Kier alpha value is -2.32. The fraction of sp³-hybridized carbons (Fsp3) is 0.143. The van der Waals surface area contributed by atoms with E-state index in [2.05, 4.69) is 0 Å². The molecule has 0 bridgehead atoms. The molecule has 5 rings (SSSR count). The average Bonchev–Trinajstić information content (AvgIpc) is 3.31. The van der Waals surface area contributed by atoms with Crippen molar-refractivity contribution < 1.29 is 26.3 Å². The Morgan fingerprint density at radius 2 is 0.931 bits per heavy atom. The van der Waals surface area contributed by atoms with E-state index < -0.39 is 28.9 Å². The number of alkyl halides is 6. The second kappa shape index (κ2) is 5.86. The fourth-order valence-electron chi connectivity index (χ4n) is 3.78. The van der Waals surface area contributed by atoms with Crippen LogP contribution in [0.2, 0.25) is 0 Å². The van der Waals surface area contributed by atoms with Crippen LogP contribution in [0.15, 0.2) is 59.3 Å². The molecule has 0 atom stereocenters. The van der Waals surface area contributed by atoms with Gasteiger partial charge < -0.3 is 0 Å². The highest BCUT2D eigenvalue weighted by atomic mass is 32.1. The third kappa shape index (κ3) is 2.27. The average molecular weight is 440 g/mol. The molecule has 0 spiro atoms. The van der Waals surface area contributed by atoms with Crippen molar-refractivity contribution in [3.8, 4) is 0 Å². The molecule has 2 aromatic heterocycles. The Balaban J connectivity index is 1.94. The molecule has 29 heavy (non-hydrogen) atoms. The highest BCUT2D eigenvalue weighted by molar-refractivity contribution is 7.17. The molecule has 0 aliphatic heterocycles. The SMILES string of the molecule is FC1(F)C(c2csc3ccccc23)=C(c2csc3ccccc23)C(F)(F)C1(F)F. The molecule has 0 N–H and O–H groups in total.